The van der Waals surface area contributed by atoms with Gasteiger partial charge in [0.1, 0.15) is 28.0 Å². The number of benzene rings is 6. The van der Waals surface area contributed by atoms with E-state index >= 15 is 0 Å². The van der Waals surface area contributed by atoms with Crippen molar-refractivity contribution in [2.24, 2.45) is 23.7 Å². The van der Waals surface area contributed by atoms with Crippen LogP contribution in [0.5, 0.6) is 0 Å². The van der Waals surface area contributed by atoms with Crippen molar-refractivity contribution in [2.75, 3.05) is 36.6 Å². The number of aliphatic hydroxyl groups excluding tert-OH is 2. The van der Waals surface area contributed by atoms with E-state index in [-0.39, 0.29) is 84.2 Å². The van der Waals surface area contributed by atoms with Gasteiger partial charge in [0.25, 0.3) is 11.1 Å². The number of anilines is 2. The Labute approximate surface area is 561 Å². The van der Waals surface area contributed by atoms with Crippen LogP contribution in [-0.2, 0) is 34.9 Å². The van der Waals surface area contributed by atoms with Crippen molar-refractivity contribution >= 4 is 52.5 Å². The third-order valence-electron chi connectivity index (χ3n) is 17.4. The van der Waals surface area contributed by atoms with Crippen molar-refractivity contribution in [3.8, 4) is 0 Å². The number of rotatable bonds is 18. The maximum absolute atomic E-state index is 13.4. The second kappa shape index (κ2) is 28.3. The number of fused-ring (bicyclic) bond motifs is 2. The molecule has 0 aliphatic heterocycles. The largest absolute Gasteiger partial charge is 0.444 e. The molecular formula is C75H82N10O12. The summed E-state index contributed by atoms with van der Waals surface area (Å²) < 4.78 is 34.2. The van der Waals surface area contributed by atoms with Crippen LogP contribution >= 0.6 is 0 Å². The second-order valence-corrected chi connectivity index (χ2v) is 27.4. The summed E-state index contributed by atoms with van der Waals surface area (Å²) in [5, 5.41) is 23.3. The monoisotopic (exact) mass is 1310 g/mol. The molecule has 0 unspecified atom stereocenters. The molecule has 10 aromatic rings. The predicted octanol–water partition coefficient (Wildman–Crippen LogP) is 12.6. The number of nitrogens with zero attached hydrogens (tertiary/aromatic N) is 7. The maximum atomic E-state index is 13.4. The molecule has 2 saturated carbocycles. The number of nitrogens with one attached hydrogen (secondary N) is 3. The second-order valence-electron chi connectivity index (χ2n) is 27.4. The van der Waals surface area contributed by atoms with Gasteiger partial charge in [-0.3, -0.25) is 24.9 Å². The number of aromatic amines is 2. The van der Waals surface area contributed by atoms with Gasteiger partial charge in [0.2, 0.25) is 11.9 Å². The van der Waals surface area contributed by atoms with Gasteiger partial charge in [-0.15, -0.1) is 4.90 Å². The van der Waals surface area contributed by atoms with E-state index in [1.807, 2.05) is 150 Å². The third-order valence-corrected chi connectivity index (χ3v) is 17.4. The normalized spacial score (nSPS) is 18.0. The average Bonchev–Trinajstić information content (AvgIpc) is 1.75. The summed E-state index contributed by atoms with van der Waals surface area (Å²) in [7, 11) is 0. The Hall–Kier alpha value is -10.1. The molecule has 97 heavy (non-hydrogen) atoms. The summed E-state index contributed by atoms with van der Waals surface area (Å²) in [6.45, 7) is 15.6. The van der Waals surface area contributed by atoms with Gasteiger partial charge in [0.15, 0.2) is 22.3 Å². The molecular weight excluding hydrogens is 1230 g/mol. The number of aromatic nitrogens is 8. The van der Waals surface area contributed by atoms with Crippen molar-refractivity contribution in [3.63, 3.8) is 0 Å². The molecule has 6 atom stereocenters. The van der Waals surface area contributed by atoms with E-state index in [1.54, 1.807) is 73.2 Å². The molecule has 4 aromatic heterocycles. The Kier molecular flexibility index (Phi) is 19.9. The number of hydrogen-bond donors (Lipinski definition) is 5. The molecule has 2 aliphatic carbocycles. The number of aliphatic hydroxyl groups is 2. The van der Waals surface area contributed by atoms with E-state index in [2.05, 4.69) is 71.6 Å². The van der Waals surface area contributed by atoms with Gasteiger partial charge in [-0.05, 0) is 120 Å². The van der Waals surface area contributed by atoms with Gasteiger partial charge in [-0.25, -0.2) is 24.4 Å². The molecule has 5 N–H and O–H groups in total. The van der Waals surface area contributed by atoms with E-state index < -0.39 is 57.4 Å². The van der Waals surface area contributed by atoms with Gasteiger partial charge in [0, 0.05) is 37.1 Å². The number of imidazole rings is 2. The van der Waals surface area contributed by atoms with E-state index in [0.29, 0.717) is 30.0 Å². The highest BCUT2D eigenvalue weighted by molar-refractivity contribution is 6.08. The highest BCUT2D eigenvalue weighted by Crippen LogP contribution is 2.50. The molecule has 2 fully saturated rings. The van der Waals surface area contributed by atoms with E-state index in [1.165, 1.54) is 6.33 Å². The van der Waals surface area contributed by atoms with E-state index in [9.17, 15) is 34.2 Å². The average molecular weight is 1320 g/mol. The molecule has 0 radical (unpaired) electrons. The van der Waals surface area contributed by atoms with Crippen LogP contribution in [-0.4, -0.2) is 111 Å². The van der Waals surface area contributed by atoms with Crippen LogP contribution in [0.4, 0.5) is 26.3 Å². The molecule has 22 heteroatoms. The van der Waals surface area contributed by atoms with Crippen LogP contribution < -0.4 is 21.3 Å². The van der Waals surface area contributed by atoms with Gasteiger partial charge >= 0.3 is 18.3 Å². The summed E-state index contributed by atoms with van der Waals surface area (Å²) in [4.78, 5) is 89.1. The molecule has 6 aromatic carbocycles. The Bertz CT molecular complexity index is 4230. The first kappa shape index (κ1) is 68.3. The third kappa shape index (κ3) is 14.7. The van der Waals surface area contributed by atoms with Gasteiger partial charge in [0.05, 0.1) is 25.9 Å². The zero-order valence-electron chi connectivity index (χ0n) is 55.8. The van der Waals surface area contributed by atoms with Crippen LogP contribution in [0, 0.1) is 23.7 Å². The van der Waals surface area contributed by atoms with Gasteiger partial charge < -0.3 is 43.0 Å². The summed E-state index contributed by atoms with van der Waals surface area (Å²) in [6, 6.07) is 60.0. The zero-order chi connectivity index (χ0) is 68.9. The SMILES string of the molecule is CC(C)(C)OC(=O)N(C(=O)OC(C)(C)C)c1nc2c(ncn2[C@@H]2C[C@H](CO)[C@H]2COC(c2ccccc2)(c2ccccc2)c2ccccc2)c(=O)[nH]1.CC(C)(C)OC(=O)Nc1nc2c(ncn2[C@@H]2C[C@H](CO)[C@H]2COC(c2ccccc2)(c2ccccc2)c2ccccc2)c(=O)[nH]1. The first-order chi connectivity index (χ1) is 46.4. The van der Waals surface area contributed by atoms with Crippen molar-refractivity contribution in [1.29, 1.82) is 0 Å². The summed E-state index contributed by atoms with van der Waals surface area (Å²) in [5.74, 6) is -0.908. The van der Waals surface area contributed by atoms with Crippen LogP contribution in [0.15, 0.2) is 204 Å². The fraction of sp³-hybridized carbons (Fsp3) is 0.347. The minimum atomic E-state index is -1.07. The Balaban J connectivity index is 0.000000199. The van der Waals surface area contributed by atoms with Crippen molar-refractivity contribution in [3.05, 3.63) is 249 Å². The highest BCUT2D eigenvalue weighted by atomic mass is 16.6. The molecule has 12 rings (SSSR count). The molecule has 0 saturated heterocycles. The fourth-order valence-electron chi connectivity index (χ4n) is 12.8. The lowest BCUT2D eigenvalue weighted by Gasteiger charge is -2.46. The minimum absolute atomic E-state index is 0.00830. The first-order valence-corrected chi connectivity index (χ1v) is 32.4. The molecule has 0 spiro atoms. The van der Waals surface area contributed by atoms with Crippen LogP contribution in [0.3, 0.4) is 0 Å². The number of imide groups is 1. The van der Waals surface area contributed by atoms with Crippen molar-refractivity contribution in [1.82, 2.24) is 39.0 Å². The zero-order valence-corrected chi connectivity index (χ0v) is 55.8. The lowest BCUT2D eigenvalue weighted by Crippen LogP contribution is -2.46. The maximum Gasteiger partial charge on any atom is 0.427 e. The van der Waals surface area contributed by atoms with Crippen molar-refractivity contribution in [2.45, 2.75) is 115 Å². The van der Waals surface area contributed by atoms with Crippen LogP contribution in [0.1, 0.15) is 121 Å². The molecule has 0 bridgehead atoms. The predicted molar refractivity (Wildman–Crippen MR) is 367 cm³/mol. The molecule has 3 amide bonds. The van der Waals surface area contributed by atoms with Gasteiger partial charge in [-0.2, -0.15) is 9.97 Å². The lowest BCUT2D eigenvalue weighted by molar-refractivity contribution is -0.0763. The lowest BCUT2D eigenvalue weighted by atomic mass is 9.69. The molecule has 504 valence electrons. The molecule has 22 nitrogen and oxygen atoms in total. The summed E-state index contributed by atoms with van der Waals surface area (Å²) in [5.41, 5.74) is 0.776. The molecule has 4 heterocycles. The Morgan fingerprint density at radius 1 is 0.485 bits per heavy atom. The number of carbonyl (C=O) groups excluding carboxylic acids is 3. The highest BCUT2D eigenvalue weighted by Gasteiger charge is 2.48. The fourth-order valence-corrected chi connectivity index (χ4v) is 12.8. The summed E-state index contributed by atoms with van der Waals surface area (Å²) in [6.07, 6.45) is 1.45. The quantitative estimate of drug-likeness (QED) is 0.0394. The number of amides is 3. The van der Waals surface area contributed by atoms with Crippen molar-refractivity contribution < 1.29 is 48.3 Å². The topological polar surface area (TPSA) is 280 Å². The first-order valence-electron chi connectivity index (χ1n) is 32.4. The number of hydrogen-bond acceptors (Lipinski definition) is 16. The number of H-pyrrole nitrogens is 2. The van der Waals surface area contributed by atoms with Gasteiger partial charge in [-0.1, -0.05) is 182 Å². The number of carbonyl (C=O) groups is 3. The molecule has 2 aliphatic rings. The van der Waals surface area contributed by atoms with E-state index in [0.717, 1.165) is 33.4 Å². The smallest absolute Gasteiger partial charge is 0.427 e. The Morgan fingerprint density at radius 3 is 1.12 bits per heavy atom. The number of ether oxygens (including phenoxy) is 5. The minimum Gasteiger partial charge on any atom is -0.444 e. The standard InChI is InChI=1S/C40H45N5O7.C35H37N5O5/c1-38(2,3)51-36(48)45(37(49)52-39(4,5)6)35-42-33-32(34(47)43-35)41-25-44(33)31-22-26(23-46)30(31)24-50-40(27-16-10-7-11-17-27,28-18-12-8-13-19-28)29-20-14-9-15-21-29;1-34(2,3)45-33(43)39-32-37-30-29(31(42)38-32)36-22-40(30)28-19-23(20-41)27(28)21-44-35(24-13-7-4-8-14-24,25-15-9-5-10-16-25)26-17-11-6-12-18-26/h7-21,25-26,30-31,46H,22-24H2,1-6H3,(H,42,43,47);4-18,22-23,27-28,41H,19-21H2,1-3H3,(H2,37,38,39,42,43)/t26-,30-,31-;23-,27-,28-/m11/s1. The van der Waals surface area contributed by atoms with E-state index in [4.69, 9.17) is 23.7 Å². The summed E-state index contributed by atoms with van der Waals surface area (Å²) >= 11 is 0. The van der Waals surface area contributed by atoms with Crippen LogP contribution in [0.25, 0.3) is 22.3 Å². The Morgan fingerprint density at radius 2 is 0.804 bits per heavy atom. The van der Waals surface area contributed by atoms with Crippen LogP contribution in [0.2, 0.25) is 0 Å².